The summed E-state index contributed by atoms with van der Waals surface area (Å²) in [6, 6.07) is 0. The molecular weight excluding hydrogens is 324 g/mol. The van der Waals surface area contributed by atoms with Crippen molar-refractivity contribution < 1.29 is 14.3 Å². The molecule has 0 rings (SSSR count). The van der Waals surface area contributed by atoms with Crippen LogP contribution in [-0.2, 0) is 14.3 Å². The Kier molecular flexibility index (Phi) is 19.8. The van der Waals surface area contributed by atoms with E-state index in [-0.39, 0.29) is 5.97 Å². The summed E-state index contributed by atoms with van der Waals surface area (Å²) in [4.78, 5) is 22.7. The first kappa shape index (κ1) is 25.1. The van der Waals surface area contributed by atoms with Crippen molar-refractivity contribution in [3.8, 4) is 0 Å². The summed E-state index contributed by atoms with van der Waals surface area (Å²) in [5.41, 5.74) is 0. The summed E-state index contributed by atoms with van der Waals surface area (Å²) in [6.07, 6.45) is 21.9. The van der Waals surface area contributed by atoms with E-state index in [4.69, 9.17) is 0 Å². The van der Waals surface area contributed by atoms with Crippen LogP contribution < -0.4 is 0 Å². The molecule has 0 aliphatic rings. The lowest BCUT2D eigenvalue weighted by Gasteiger charge is -2.04. The van der Waals surface area contributed by atoms with E-state index in [1.165, 1.54) is 84.2 Å². The van der Waals surface area contributed by atoms with Crippen LogP contribution in [0.25, 0.3) is 0 Å². The van der Waals surface area contributed by atoms with Crippen molar-refractivity contribution in [2.45, 2.75) is 129 Å². The van der Waals surface area contributed by atoms with Gasteiger partial charge in [0.1, 0.15) is 5.78 Å². The van der Waals surface area contributed by atoms with Crippen LogP contribution in [0.15, 0.2) is 0 Å². The maximum atomic E-state index is 11.7. The van der Waals surface area contributed by atoms with E-state index in [2.05, 4.69) is 11.7 Å². The van der Waals surface area contributed by atoms with Gasteiger partial charge in [-0.15, -0.1) is 0 Å². The standard InChI is InChI=1S/C23H44O3/c1-3-4-5-16-19-22(24)20-17-14-12-10-8-6-7-9-11-13-15-18-21-23(25)26-2/h3-21H2,1-2H3. The molecule has 0 bridgehead atoms. The van der Waals surface area contributed by atoms with Crippen LogP contribution >= 0.6 is 0 Å². The molecule has 0 saturated heterocycles. The highest BCUT2D eigenvalue weighted by atomic mass is 16.5. The second kappa shape index (κ2) is 20.5. The number of carbonyl (C=O) groups is 2. The fourth-order valence-corrected chi connectivity index (χ4v) is 3.34. The molecule has 0 fully saturated rings. The smallest absolute Gasteiger partial charge is 0.305 e. The molecule has 0 spiro atoms. The van der Waals surface area contributed by atoms with Crippen molar-refractivity contribution in [1.82, 2.24) is 0 Å². The molecular formula is C23H44O3. The zero-order valence-corrected chi connectivity index (χ0v) is 17.7. The number of rotatable bonds is 20. The first-order chi connectivity index (χ1) is 12.7. The minimum absolute atomic E-state index is 0.0821. The van der Waals surface area contributed by atoms with Gasteiger partial charge in [-0.1, -0.05) is 90.4 Å². The molecule has 0 aromatic carbocycles. The highest BCUT2D eigenvalue weighted by molar-refractivity contribution is 5.78. The van der Waals surface area contributed by atoms with Gasteiger partial charge in [0.15, 0.2) is 0 Å². The van der Waals surface area contributed by atoms with E-state index in [1.807, 2.05) is 0 Å². The van der Waals surface area contributed by atoms with E-state index >= 15 is 0 Å². The third kappa shape index (κ3) is 19.5. The molecule has 0 unspecified atom stereocenters. The number of Topliss-reactive ketones (excluding diaryl/α,β-unsaturated/α-hetero) is 1. The van der Waals surface area contributed by atoms with E-state index in [9.17, 15) is 9.59 Å². The lowest BCUT2D eigenvalue weighted by Crippen LogP contribution is -1.99. The summed E-state index contributed by atoms with van der Waals surface area (Å²) < 4.78 is 4.64. The molecule has 3 heteroatoms. The van der Waals surface area contributed by atoms with E-state index in [0.717, 1.165) is 38.5 Å². The number of ketones is 1. The summed E-state index contributed by atoms with van der Waals surface area (Å²) in [6.45, 7) is 2.21. The van der Waals surface area contributed by atoms with Gasteiger partial charge < -0.3 is 4.74 Å². The maximum absolute atomic E-state index is 11.7. The molecule has 0 amide bonds. The monoisotopic (exact) mass is 368 g/mol. The summed E-state index contributed by atoms with van der Waals surface area (Å²) in [5.74, 6) is 0.397. The van der Waals surface area contributed by atoms with Gasteiger partial charge in [0.2, 0.25) is 0 Å². The van der Waals surface area contributed by atoms with Crippen molar-refractivity contribution >= 4 is 11.8 Å². The molecule has 0 aromatic heterocycles. The van der Waals surface area contributed by atoms with Crippen LogP contribution in [0.2, 0.25) is 0 Å². The van der Waals surface area contributed by atoms with Gasteiger partial charge in [0.25, 0.3) is 0 Å². The van der Waals surface area contributed by atoms with Gasteiger partial charge in [-0.25, -0.2) is 0 Å². The van der Waals surface area contributed by atoms with Gasteiger partial charge in [0.05, 0.1) is 7.11 Å². The molecule has 26 heavy (non-hydrogen) atoms. The normalized spacial score (nSPS) is 10.8. The molecule has 3 nitrogen and oxygen atoms in total. The Hall–Kier alpha value is -0.860. The summed E-state index contributed by atoms with van der Waals surface area (Å²) in [5, 5.41) is 0. The molecule has 0 aliphatic carbocycles. The van der Waals surface area contributed by atoms with Crippen LogP contribution in [0.1, 0.15) is 129 Å². The van der Waals surface area contributed by atoms with Crippen LogP contribution in [0, 0.1) is 0 Å². The molecule has 0 atom stereocenters. The zero-order valence-electron chi connectivity index (χ0n) is 17.7. The Morgan fingerprint density at radius 1 is 0.538 bits per heavy atom. The highest BCUT2D eigenvalue weighted by Gasteiger charge is 2.02. The van der Waals surface area contributed by atoms with E-state index in [1.54, 1.807) is 0 Å². The molecule has 0 N–H and O–H groups in total. The average Bonchev–Trinajstić information content (AvgIpc) is 2.65. The number of unbranched alkanes of at least 4 members (excludes halogenated alkanes) is 14. The maximum Gasteiger partial charge on any atom is 0.305 e. The topological polar surface area (TPSA) is 43.4 Å². The summed E-state index contributed by atoms with van der Waals surface area (Å²) in [7, 11) is 1.46. The minimum Gasteiger partial charge on any atom is -0.469 e. The Bertz CT molecular complexity index is 325. The van der Waals surface area contributed by atoms with Crippen molar-refractivity contribution in [3.63, 3.8) is 0 Å². The van der Waals surface area contributed by atoms with Crippen molar-refractivity contribution in [2.75, 3.05) is 7.11 Å². The second-order valence-electron chi connectivity index (χ2n) is 7.67. The fraction of sp³-hybridized carbons (Fsp3) is 0.913. The van der Waals surface area contributed by atoms with Crippen molar-refractivity contribution in [1.29, 1.82) is 0 Å². The van der Waals surface area contributed by atoms with Gasteiger partial charge >= 0.3 is 5.97 Å². The Morgan fingerprint density at radius 3 is 1.27 bits per heavy atom. The number of methoxy groups -OCH3 is 1. The molecule has 0 aromatic rings. The van der Waals surface area contributed by atoms with Gasteiger partial charge in [0, 0.05) is 19.3 Å². The largest absolute Gasteiger partial charge is 0.469 e. The highest BCUT2D eigenvalue weighted by Crippen LogP contribution is 2.14. The van der Waals surface area contributed by atoms with Gasteiger partial charge in [-0.2, -0.15) is 0 Å². The molecule has 154 valence electrons. The minimum atomic E-state index is -0.0821. The van der Waals surface area contributed by atoms with Gasteiger partial charge in [-0.05, 0) is 19.3 Å². The molecule has 0 saturated carbocycles. The SMILES string of the molecule is CCCCCCC(=O)CCCCCCCCCCCCCCC(=O)OC. The number of esters is 1. The second-order valence-corrected chi connectivity index (χ2v) is 7.67. The average molecular weight is 369 g/mol. The molecule has 0 radical (unpaired) electrons. The lowest BCUT2D eigenvalue weighted by molar-refractivity contribution is -0.140. The Labute approximate surface area is 162 Å². The quantitative estimate of drug-likeness (QED) is 0.169. The van der Waals surface area contributed by atoms with E-state index < -0.39 is 0 Å². The van der Waals surface area contributed by atoms with Crippen LogP contribution in [0.5, 0.6) is 0 Å². The fourth-order valence-electron chi connectivity index (χ4n) is 3.34. The predicted octanol–water partition coefficient (Wildman–Crippen LogP) is 7.16. The van der Waals surface area contributed by atoms with Crippen LogP contribution in [0.4, 0.5) is 0 Å². The number of ether oxygens (including phenoxy) is 1. The van der Waals surface area contributed by atoms with Gasteiger partial charge in [-0.3, -0.25) is 9.59 Å². The Balaban J connectivity index is 3.13. The third-order valence-electron chi connectivity index (χ3n) is 5.12. The first-order valence-corrected chi connectivity index (χ1v) is 11.3. The van der Waals surface area contributed by atoms with E-state index in [0.29, 0.717) is 12.2 Å². The number of hydrogen-bond donors (Lipinski definition) is 0. The first-order valence-electron chi connectivity index (χ1n) is 11.3. The zero-order chi connectivity index (χ0) is 19.3. The third-order valence-corrected chi connectivity index (χ3v) is 5.12. The van der Waals surface area contributed by atoms with Crippen LogP contribution in [0.3, 0.4) is 0 Å². The van der Waals surface area contributed by atoms with Crippen molar-refractivity contribution in [3.05, 3.63) is 0 Å². The Morgan fingerprint density at radius 2 is 0.885 bits per heavy atom. The number of hydrogen-bond acceptors (Lipinski definition) is 3. The molecule has 0 heterocycles. The summed E-state index contributed by atoms with van der Waals surface area (Å²) >= 11 is 0. The lowest BCUT2D eigenvalue weighted by atomic mass is 10.0. The number of carbonyl (C=O) groups excluding carboxylic acids is 2. The van der Waals surface area contributed by atoms with Crippen molar-refractivity contribution in [2.24, 2.45) is 0 Å². The molecule has 0 aliphatic heterocycles. The predicted molar refractivity (Wildman–Crippen MR) is 110 cm³/mol. The van der Waals surface area contributed by atoms with Crippen LogP contribution in [-0.4, -0.2) is 18.9 Å².